The highest BCUT2D eigenvalue weighted by molar-refractivity contribution is 6.42. The van der Waals surface area contributed by atoms with Crippen molar-refractivity contribution in [1.82, 2.24) is 10.2 Å². The summed E-state index contributed by atoms with van der Waals surface area (Å²) >= 11 is 12.3. The Bertz CT molecular complexity index is 686. The van der Waals surface area contributed by atoms with E-state index in [1.54, 1.807) is 25.1 Å². The number of nitrogens with zero attached hydrogens (tertiary/aromatic N) is 1. The Balaban J connectivity index is 2.65. The Hall–Kier alpha value is -1.72. The van der Waals surface area contributed by atoms with Gasteiger partial charge in [0.2, 0.25) is 0 Å². The first-order valence-electron chi connectivity index (χ1n) is 7.12. The van der Waals surface area contributed by atoms with E-state index in [2.05, 4.69) is 5.32 Å². The van der Waals surface area contributed by atoms with Gasteiger partial charge in [-0.3, -0.25) is 4.90 Å². The van der Waals surface area contributed by atoms with Crippen molar-refractivity contribution in [2.75, 3.05) is 7.11 Å². The van der Waals surface area contributed by atoms with Crippen molar-refractivity contribution in [3.05, 3.63) is 45.1 Å². The molecule has 1 aliphatic heterocycles. The van der Waals surface area contributed by atoms with Crippen molar-refractivity contribution in [3.63, 3.8) is 0 Å². The topological polar surface area (TPSA) is 58.6 Å². The number of hydrogen-bond acceptors (Lipinski definition) is 3. The Morgan fingerprint density at radius 1 is 1.35 bits per heavy atom. The van der Waals surface area contributed by atoms with E-state index in [1.807, 2.05) is 13.8 Å². The molecule has 0 radical (unpaired) electrons. The summed E-state index contributed by atoms with van der Waals surface area (Å²) in [6.07, 6.45) is 0. The minimum atomic E-state index is -0.712. The van der Waals surface area contributed by atoms with Gasteiger partial charge in [0.1, 0.15) is 0 Å². The van der Waals surface area contributed by atoms with E-state index in [4.69, 9.17) is 27.9 Å². The molecule has 1 aromatic carbocycles. The quantitative estimate of drug-likeness (QED) is 0.835. The third-order valence-electron chi connectivity index (χ3n) is 3.74. The second-order valence-electron chi connectivity index (χ2n) is 5.48. The summed E-state index contributed by atoms with van der Waals surface area (Å²) in [5.74, 6) is -0.519. The molecular weight excluding hydrogens is 339 g/mol. The molecule has 23 heavy (non-hydrogen) atoms. The van der Waals surface area contributed by atoms with Crippen molar-refractivity contribution in [3.8, 4) is 0 Å². The summed E-state index contributed by atoms with van der Waals surface area (Å²) in [5.41, 5.74) is 1.43. The van der Waals surface area contributed by atoms with Crippen LogP contribution >= 0.6 is 23.2 Å². The molecule has 0 aromatic heterocycles. The summed E-state index contributed by atoms with van der Waals surface area (Å²) in [6, 6.07) is 3.97. The number of methoxy groups -OCH3 is 1. The van der Waals surface area contributed by atoms with Crippen LogP contribution in [0.1, 0.15) is 32.4 Å². The number of halogens is 2. The minimum Gasteiger partial charge on any atom is -0.466 e. The second-order valence-corrected chi connectivity index (χ2v) is 6.27. The van der Waals surface area contributed by atoms with Crippen LogP contribution in [-0.4, -0.2) is 30.1 Å². The van der Waals surface area contributed by atoms with Gasteiger partial charge in [-0.05, 0) is 32.4 Å². The van der Waals surface area contributed by atoms with E-state index in [0.29, 0.717) is 26.9 Å². The molecule has 1 aromatic rings. The fraction of sp³-hybridized carbons (Fsp3) is 0.375. The van der Waals surface area contributed by atoms with Gasteiger partial charge >= 0.3 is 12.0 Å². The van der Waals surface area contributed by atoms with Gasteiger partial charge in [-0.2, -0.15) is 0 Å². The zero-order valence-corrected chi connectivity index (χ0v) is 14.8. The van der Waals surface area contributed by atoms with Crippen LogP contribution in [0.4, 0.5) is 4.79 Å². The molecule has 0 bridgehead atoms. The van der Waals surface area contributed by atoms with Crippen LogP contribution in [0, 0.1) is 0 Å². The van der Waals surface area contributed by atoms with Gasteiger partial charge in [0.05, 0.1) is 28.8 Å². The molecule has 7 heteroatoms. The Kier molecular flexibility index (Phi) is 5.22. The number of nitrogens with one attached hydrogen (secondary N) is 1. The highest BCUT2D eigenvalue weighted by atomic mass is 35.5. The van der Waals surface area contributed by atoms with E-state index in [0.717, 1.165) is 0 Å². The normalized spacial score (nSPS) is 18.3. The molecule has 1 N–H and O–H groups in total. The maximum Gasteiger partial charge on any atom is 0.337 e. The van der Waals surface area contributed by atoms with Crippen LogP contribution in [0.3, 0.4) is 0 Å². The van der Waals surface area contributed by atoms with E-state index < -0.39 is 12.0 Å². The molecule has 2 amide bonds. The monoisotopic (exact) mass is 356 g/mol. The first kappa shape index (κ1) is 17.6. The fourth-order valence-corrected chi connectivity index (χ4v) is 3.15. The molecule has 0 saturated carbocycles. The summed E-state index contributed by atoms with van der Waals surface area (Å²) in [5, 5.41) is 3.46. The molecule has 1 heterocycles. The van der Waals surface area contributed by atoms with Crippen LogP contribution in [0.5, 0.6) is 0 Å². The third kappa shape index (κ3) is 3.16. The molecule has 1 atom stereocenters. The van der Waals surface area contributed by atoms with Gasteiger partial charge in [0.25, 0.3) is 0 Å². The number of carbonyl (C=O) groups is 2. The molecule has 124 valence electrons. The smallest absolute Gasteiger partial charge is 0.337 e. The predicted octanol–water partition coefficient (Wildman–Crippen LogP) is 3.92. The van der Waals surface area contributed by atoms with E-state index in [-0.39, 0.29) is 12.1 Å². The number of benzene rings is 1. The first-order valence-corrected chi connectivity index (χ1v) is 7.87. The number of amides is 2. The molecule has 1 aliphatic rings. The summed E-state index contributed by atoms with van der Waals surface area (Å²) in [7, 11) is 1.30. The van der Waals surface area contributed by atoms with Crippen LogP contribution in [0.25, 0.3) is 0 Å². The van der Waals surface area contributed by atoms with Crippen molar-refractivity contribution < 1.29 is 14.3 Å². The zero-order chi connectivity index (χ0) is 17.3. The molecule has 0 aliphatic carbocycles. The van der Waals surface area contributed by atoms with Gasteiger partial charge in [-0.1, -0.05) is 35.3 Å². The van der Waals surface area contributed by atoms with Crippen molar-refractivity contribution >= 4 is 35.2 Å². The first-order chi connectivity index (χ1) is 10.8. The maximum absolute atomic E-state index is 12.4. The lowest BCUT2D eigenvalue weighted by molar-refractivity contribution is -0.136. The molecule has 0 saturated heterocycles. The van der Waals surface area contributed by atoms with Gasteiger partial charge in [0.15, 0.2) is 0 Å². The van der Waals surface area contributed by atoms with Crippen molar-refractivity contribution in [2.24, 2.45) is 0 Å². The number of allylic oxidation sites excluding steroid dienone is 1. The molecule has 0 unspecified atom stereocenters. The SMILES string of the molecule is COC(=O)C1=C(C)N(C(C)C)C(=O)N[C@H]1c1cccc(Cl)c1Cl. The molecule has 2 rings (SSSR count). The highest BCUT2D eigenvalue weighted by Gasteiger charge is 2.38. The Morgan fingerprint density at radius 2 is 2.00 bits per heavy atom. The molecule has 5 nitrogen and oxygen atoms in total. The van der Waals surface area contributed by atoms with Crippen LogP contribution in [0.2, 0.25) is 10.0 Å². The number of rotatable bonds is 3. The minimum absolute atomic E-state index is 0.106. The lowest BCUT2D eigenvalue weighted by Crippen LogP contribution is -2.50. The van der Waals surface area contributed by atoms with E-state index in [9.17, 15) is 9.59 Å². The standard InChI is InChI=1S/C16H18Cl2N2O3/c1-8(2)20-9(3)12(15(21)23-4)14(19-16(20)22)10-6-5-7-11(17)13(10)18/h5-8,14H,1-4H3,(H,19,22)/t14-/m0/s1. The fourth-order valence-electron chi connectivity index (χ4n) is 2.73. The summed E-state index contributed by atoms with van der Waals surface area (Å²) in [4.78, 5) is 26.2. The molecular formula is C16H18Cl2N2O3. The van der Waals surface area contributed by atoms with Crippen LogP contribution in [0.15, 0.2) is 29.5 Å². The lowest BCUT2D eigenvalue weighted by Gasteiger charge is -2.37. The summed E-state index contributed by atoms with van der Waals surface area (Å²) in [6.45, 7) is 5.45. The van der Waals surface area contributed by atoms with Gasteiger partial charge in [0, 0.05) is 11.7 Å². The van der Waals surface area contributed by atoms with Crippen molar-refractivity contribution in [2.45, 2.75) is 32.9 Å². The van der Waals surface area contributed by atoms with Crippen LogP contribution < -0.4 is 5.32 Å². The largest absolute Gasteiger partial charge is 0.466 e. The molecule has 0 fully saturated rings. The van der Waals surface area contributed by atoms with Gasteiger partial charge in [-0.25, -0.2) is 9.59 Å². The lowest BCUT2D eigenvalue weighted by atomic mass is 9.94. The average molecular weight is 357 g/mol. The predicted molar refractivity (Wildman–Crippen MR) is 89.4 cm³/mol. The average Bonchev–Trinajstić information content (AvgIpc) is 2.48. The van der Waals surface area contributed by atoms with E-state index >= 15 is 0 Å². The Labute approximate surface area is 145 Å². The number of hydrogen-bond donors (Lipinski definition) is 1. The zero-order valence-electron chi connectivity index (χ0n) is 13.3. The highest BCUT2D eigenvalue weighted by Crippen LogP contribution is 2.37. The maximum atomic E-state index is 12.4. The second kappa shape index (κ2) is 6.81. The van der Waals surface area contributed by atoms with Crippen molar-refractivity contribution in [1.29, 1.82) is 0 Å². The number of urea groups is 1. The van der Waals surface area contributed by atoms with Crippen LogP contribution in [-0.2, 0) is 9.53 Å². The van der Waals surface area contributed by atoms with E-state index in [1.165, 1.54) is 12.0 Å². The Morgan fingerprint density at radius 3 is 2.57 bits per heavy atom. The van der Waals surface area contributed by atoms with Gasteiger partial charge in [-0.15, -0.1) is 0 Å². The van der Waals surface area contributed by atoms with Gasteiger partial charge < -0.3 is 10.1 Å². The number of carbonyl (C=O) groups excluding carboxylic acids is 2. The number of esters is 1. The summed E-state index contributed by atoms with van der Waals surface area (Å²) < 4.78 is 4.89. The number of ether oxygens (including phenoxy) is 1. The molecule has 0 spiro atoms. The third-order valence-corrected chi connectivity index (χ3v) is 4.57.